The molecule has 2 aromatic heterocycles. The highest BCUT2D eigenvalue weighted by Crippen LogP contribution is 2.42. The minimum atomic E-state index is 0.381. The van der Waals surface area contributed by atoms with Crippen molar-refractivity contribution in [1.29, 1.82) is 0 Å². The second kappa shape index (κ2) is 6.16. The number of nitrogens with zero attached hydrogens (tertiary/aromatic N) is 5. The Morgan fingerprint density at radius 2 is 1.78 bits per heavy atom. The van der Waals surface area contributed by atoms with Gasteiger partial charge >= 0.3 is 0 Å². The van der Waals surface area contributed by atoms with E-state index in [0.717, 1.165) is 43.3 Å². The molecule has 0 bridgehead atoms. The summed E-state index contributed by atoms with van der Waals surface area (Å²) < 4.78 is 7.55. The summed E-state index contributed by atoms with van der Waals surface area (Å²) in [5.41, 5.74) is 2.26. The zero-order chi connectivity index (χ0) is 17.8. The molecular weight excluding hydrogens is 338 g/mol. The summed E-state index contributed by atoms with van der Waals surface area (Å²) in [6, 6.07) is 8.38. The van der Waals surface area contributed by atoms with Gasteiger partial charge < -0.3 is 9.42 Å². The van der Waals surface area contributed by atoms with Crippen molar-refractivity contribution < 1.29 is 4.52 Å². The first-order valence-electron chi connectivity index (χ1n) is 10.4. The van der Waals surface area contributed by atoms with Crippen molar-refractivity contribution in [2.45, 2.75) is 50.4 Å². The Morgan fingerprint density at radius 3 is 2.56 bits per heavy atom. The lowest BCUT2D eigenvalue weighted by Crippen LogP contribution is -2.34. The lowest BCUT2D eigenvalue weighted by molar-refractivity contribution is 0.188. The summed E-state index contributed by atoms with van der Waals surface area (Å²) in [7, 11) is 0. The fraction of sp³-hybridized carbons (Fsp3) is 0.571. The first-order chi connectivity index (χ1) is 13.3. The molecule has 3 aliphatic rings. The fourth-order valence-electron chi connectivity index (χ4n) is 4.41. The van der Waals surface area contributed by atoms with E-state index in [2.05, 4.69) is 28.3 Å². The van der Waals surface area contributed by atoms with E-state index in [1.165, 1.54) is 43.3 Å². The molecule has 0 radical (unpaired) electrons. The molecule has 2 saturated carbocycles. The minimum absolute atomic E-state index is 0.381. The van der Waals surface area contributed by atoms with Gasteiger partial charge in [-0.2, -0.15) is 14.8 Å². The van der Waals surface area contributed by atoms with Gasteiger partial charge in [0.1, 0.15) is 0 Å². The Hall–Kier alpha value is -2.21. The number of hydrogen-bond donors (Lipinski definition) is 0. The lowest BCUT2D eigenvalue weighted by Gasteiger charge is -2.30. The van der Waals surface area contributed by atoms with E-state index in [4.69, 9.17) is 14.6 Å². The standard InChI is InChI=1S/C21H25N5O/c1-2-4-18-17(3-1)19(15-7-8-15)23-26(18)21-22-20(27-24-21)16-9-11-25(12-10-16)13-14-5-6-14/h1-4,14-16H,5-13H2. The van der Waals surface area contributed by atoms with E-state index in [9.17, 15) is 0 Å². The van der Waals surface area contributed by atoms with E-state index < -0.39 is 0 Å². The second-order valence-corrected chi connectivity index (χ2v) is 8.54. The first-order valence-corrected chi connectivity index (χ1v) is 10.4. The third-order valence-electron chi connectivity index (χ3n) is 6.35. The molecule has 1 aromatic carbocycles. The Balaban J connectivity index is 1.24. The molecule has 0 spiro atoms. The average Bonchev–Trinajstić information content (AvgIpc) is 3.63. The van der Waals surface area contributed by atoms with Crippen molar-refractivity contribution in [2.24, 2.45) is 5.92 Å². The molecule has 3 heterocycles. The highest BCUT2D eigenvalue weighted by Gasteiger charge is 2.31. The van der Waals surface area contributed by atoms with E-state index >= 15 is 0 Å². The van der Waals surface area contributed by atoms with Gasteiger partial charge in [-0.15, -0.1) is 0 Å². The lowest BCUT2D eigenvalue weighted by atomic mass is 9.96. The molecule has 27 heavy (non-hydrogen) atoms. The normalized spacial score (nSPS) is 21.9. The third-order valence-corrected chi connectivity index (χ3v) is 6.35. The van der Waals surface area contributed by atoms with Crippen LogP contribution in [0.1, 0.15) is 61.9 Å². The predicted octanol–water partition coefficient (Wildman–Crippen LogP) is 3.88. The largest absolute Gasteiger partial charge is 0.337 e. The highest BCUT2D eigenvalue weighted by molar-refractivity contribution is 5.83. The van der Waals surface area contributed by atoms with Crippen LogP contribution in [0.3, 0.4) is 0 Å². The second-order valence-electron chi connectivity index (χ2n) is 8.54. The number of para-hydroxylation sites is 1. The number of fused-ring (bicyclic) bond motifs is 1. The predicted molar refractivity (Wildman–Crippen MR) is 102 cm³/mol. The Labute approximate surface area is 158 Å². The van der Waals surface area contributed by atoms with Gasteiger partial charge in [-0.05, 0) is 68.8 Å². The van der Waals surface area contributed by atoms with Gasteiger partial charge in [-0.3, -0.25) is 0 Å². The number of hydrogen-bond acceptors (Lipinski definition) is 5. The molecule has 6 heteroatoms. The van der Waals surface area contributed by atoms with Crippen LogP contribution in [-0.4, -0.2) is 44.5 Å². The van der Waals surface area contributed by atoms with E-state index in [-0.39, 0.29) is 0 Å². The van der Waals surface area contributed by atoms with Crippen LogP contribution in [0.25, 0.3) is 16.9 Å². The highest BCUT2D eigenvalue weighted by atomic mass is 16.5. The smallest absolute Gasteiger partial charge is 0.291 e. The number of likely N-dealkylation sites (tertiary alicyclic amines) is 1. The Kier molecular flexibility index (Phi) is 3.61. The zero-order valence-electron chi connectivity index (χ0n) is 15.5. The maximum atomic E-state index is 5.68. The van der Waals surface area contributed by atoms with Crippen LogP contribution in [0.5, 0.6) is 0 Å². The van der Waals surface area contributed by atoms with Crippen molar-refractivity contribution in [1.82, 2.24) is 24.8 Å². The van der Waals surface area contributed by atoms with Gasteiger partial charge in [0.05, 0.1) is 11.2 Å². The van der Waals surface area contributed by atoms with Crippen LogP contribution in [-0.2, 0) is 0 Å². The molecule has 6 nitrogen and oxygen atoms in total. The Bertz CT molecular complexity index is 960. The van der Waals surface area contributed by atoms with Crippen LogP contribution >= 0.6 is 0 Å². The topological polar surface area (TPSA) is 60.0 Å². The average molecular weight is 363 g/mol. The van der Waals surface area contributed by atoms with Crippen LogP contribution in [0.2, 0.25) is 0 Å². The fourth-order valence-corrected chi connectivity index (χ4v) is 4.41. The van der Waals surface area contributed by atoms with Gasteiger partial charge in [-0.1, -0.05) is 18.2 Å². The van der Waals surface area contributed by atoms with E-state index in [1.807, 2.05) is 10.7 Å². The van der Waals surface area contributed by atoms with Gasteiger partial charge in [0.25, 0.3) is 5.95 Å². The number of benzene rings is 1. The van der Waals surface area contributed by atoms with Crippen molar-refractivity contribution in [3.63, 3.8) is 0 Å². The maximum absolute atomic E-state index is 5.68. The Morgan fingerprint density at radius 1 is 0.963 bits per heavy atom. The summed E-state index contributed by atoms with van der Waals surface area (Å²) >= 11 is 0. The SMILES string of the molecule is c1ccc2c(c1)c(C1CC1)nn2-c1noc(C2CCN(CC3CC3)CC2)n1. The number of piperidine rings is 1. The number of rotatable bonds is 5. The van der Waals surface area contributed by atoms with Gasteiger partial charge in [0.2, 0.25) is 5.89 Å². The third kappa shape index (κ3) is 2.96. The van der Waals surface area contributed by atoms with Gasteiger partial charge in [-0.25, -0.2) is 0 Å². The molecule has 0 amide bonds. The van der Waals surface area contributed by atoms with E-state index in [0.29, 0.717) is 17.8 Å². The molecule has 140 valence electrons. The molecule has 3 fully saturated rings. The molecular formula is C21H25N5O. The number of aromatic nitrogens is 4. The monoisotopic (exact) mass is 363 g/mol. The zero-order valence-corrected chi connectivity index (χ0v) is 15.5. The molecule has 2 aliphatic carbocycles. The van der Waals surface area contributed by atoms with Crippen molar-refractivity contribution in [2.75, 3.05) is 19.6 Å². The van der Waals surface area contributed by atoms with Gasteiger partial charge in [0.15, 0.2) is 0 Å². The molecule has 6 rings (SSSR count). The summed E-state index contributed by atoms with van der Waals surface area (Å²) in [5.74, 6) is 3.30. The molecule has 0 unspecified atom stereocenters. The minimum Gasteiger partial charge on any atom is -0.337 e. The van der Waals surface area contributed by atoms with Crippen molar-refractivity contribution in [3.8, 4) is 5.95 Å². The molecule has 1 saturated heterocycles. The molecule has 0 N–H and O–H groups in total. The van der Waals surface area contributed by atoms with E-state index in [1.54, 1.807) is 0 Å². The summed E-state index contributed by atoms with van der Waals surface area (Å²) in [6.45, 7) is 3.58. The summed E-state index contributed by atoms with van der Waals surface area (Å²) in [4.78, 5) is 7.36. The van der Waals surface area contributed by atoms with Crippen LogP contribution in [0, 0.1) is 5.92 Å². The maximum Gasteiger partial charge on any atom is 0.291 e. The summed E-state index contributed by atoms with van der Waals surface area (Å²) in [5, 5.41) is 10.4. The van der Waals surface area contributed by atoms with Crippen LogP contribution in [0.15, 0.2) is 28.8 Å². The van der Waals surface area contributed by atoms with Crippen molar-refractivity contribution >= 4 is 10.9 Å². The van der Waals surface area contributed by atoms with Crippen LogP contribution in [0.4, 0.5) is 0 Å². The molecule has 3 aromatic rings. The van der Waals surface area contributed by atoms with Gasteiger partial charge in [0, 0.05) is 23.8 Å². The first kappa shape index (κ1) is 15.8. The summed E-state index contributed by atoms with van der Waals surface area (Å²) in [6.07, 6.45) is 7.54. The molecule has 0 atom stereocenters. The van der Waals surface area contributed by atoms with Crippen molar-refractivity contribution in [3.05, 3.63) is 35.9 Å². The quantitative estimate of drug-likeness (QED) is 0.688. The van der Waals surface area contributed by atoms with Crippen LogP contribution < -0.4 is 0 Å². The molecule has 1 aliphatic heterocycles.